The number of hydrogen-bond donors (Lipinski definition) is 2. The van der Waals surface area contributed by atoms with Crippen LogP contribution in [0, 0.1) is 10.1 Å². The van der Waals surface area contributed by atoms with Crippen LogP contribution in [-0.2, 0) is 4.79 Å². The number of nitro groups is 1. The number of halogens is 1. The fourth-order valence-corrected chi connectivity index (χ4v) is 2.17. The summed E-state index contributed by atoms with van der Waals surface area (Å²) >= 11 is 5.73. The van der Waals surface area contributed by atoms with Gasteiger partial charge in [-0.2, -0.15) is 5.10 Å². The Balaban J connectivity index is 1.83. The maximum absolute atomic E-state index is 11.8. The molecule has 2 rings (SSSR count). The minimum absolute atomic E-state index is 0.0199. The zero-order chi connectivity index (χ0) is 18.9. The molecule has 0 unspecified atom stereocenters. The van der Waals surface area contributed by atoms with Crippen molar-refractivity contribution in [3.63, 3.8) is 0 Å². The molecule has 0 spiro atoms. The summed E-state index contributed by atoms with van der Waals surface area (Å²) in [5.41, 5.74) is 3.32. The Kier molecular flexibility index (Phi) is 6.92. The van der Waals surface area contributed by atoms with Crippen molar-refractivity contribution in [2.24, 2.45) is 5.10 Å². The topological polar surface area (TPSA) is 106 Å². The molecule has 0 fully saturated rings. The number of rotatable bonds is 8. The van der Waals surface area contributed by atoms with Gasteiger partial charge in [0.25, 0.3) is 11.6 Å². The summed E-state index contributed by atoms with van der Waals surface area (Å²) in [5, 5.41) is 17.6. The van der Waals surface area contributed by atoms with Gasteiger partial charge in [-0.3, -0.25) is 14.9 Å². The molecule has 0 aromatic heterocycles. The molecule has 0 aliphatic heterocycles. The molecule has 2 aromatic carbocycles. The fourth-order valence-electron chi connectivity index (χ4n) is 1.99. The Morgan fingerprint density at radius 3 is 2.69 bits per heavy atom. The first kappa shape index (κ1) is 19.2. The van der Waals surface area contributed by atoms with Crippen LogP contribution in [0.1, 0.15) is 12.5 Å². The summed E-state index contributed by atoms with van der Waals surface area (Å²) in [6.07, 6.45) is 1.30. The standard InChI is InChI=1S/C17H17ClN4O4/c1-2-26-14-6-4-13(5-7-14)19-11-17(23)21-20-10-12-3-8-15(18)16(9-12)22(24)25/h3-10,19H,2,11H2,1H3,(H,21,23)/b20-10-. The molecule has 2 aromatic rings. The molecule has 1 amide bonds. The van der Waals surface area contributed by atoms with E-state index in [-0.39, 0.29) is 23.2 Å². The third kappa shape index (κ3) is 5.75. The van der Waals surface area contributed by atoms with E-state index in [1.54, 1.807) is 30.3 Å². The maximum Gasteiger partial charge on any atom is 0.288 e. The number of nitrogens with one attached hydrogen (secondary N) is 2. The van der Waals surface area contributed by atoms with Gasteiger partial charge in [0.2, 0.25) is 0 Å². The Morgan fingerprint density at radius 2 is 2.04 bits per heavy atom. The van der Waals surface area contributed by atoms with E-state index in [1.165, 1.54) is 18.3 Å². The van der Waals surface area contributed by atoms with E-state index in [4.69, 9.17) is 16.3 Å². The number of amides is 1. The van der Waals surface area contributed by atoms with E-state index in [0.29, 0.717) is 12.2 Å². The lowest BCUT2D eigenvalue weighted by molar-refractivity contribution is -0.384. The molecule has 0 bridgehead atoms. The quantitative estimate of drug-likeness (QED) is 0.418. The first-order valence-corrected chi connectivity index (χ1v) is 8.10. The van der Waals surface area contributed by atoms with Gasteiger partial charge in [-0.05, 0) is 37.3 Å². The number of carbonyl (C=O) groups is 1. The van der Waals surface area contributed by atoms with E-state index < -0.39 is 4.92 Å². The van der Waals surface area contributed by atoms with Crippen molar-refractivity contribution in [2.75, 3.05) is 18.5 Å². The highest BCUT2D eigenvalue weighted by atomic mass is 35.5. The lowest BCUT2D eigenvalue weighted by Gasteiger charge is -2.07. The second-order valence-corrected chi connectivity index (χ2v) is 5.48. The van der Waals surface area contributed by atoms with Crippen LogP contribution in [0.15, 0.2) is 47.6 Å². The highest BCUT2D eigenvalue weighted by Gasteiger charge is 2.11. The van der Waals surface area contributed by atoms with Gasteiger partial charge in [-0.15, -0.1) is 0 Å². The van der Waals surface area contributed by atoms with Crippen molar-refractivity contribution in [2.45, 2.75) is 6.92 Å². The van der Waals surface area contributed by atoms with Crippen molar-refractivity contribution in [3.05, 3.63) is 63.2 Å². The van der Waals surface area contributed by atoms with Crippen molar-refractivity contribution >= 4 is 35.1 Å². The maximum atomic E-state index is 11.8. The van der Waals surface area contributed by atoms with Gasteiger partial charge in [-0.25, -0.2) is 5.43 Å². The van der Waals surface area contributed by atoms with Gasteiger partial charge in [0.05, 0.1) is 24.3 Å². The third-order valence-corrected chi connectivity index (χ3v) is 3.51. The van der Waals surface area contributed by atoms with E-state index in [0.717, 1.165) is 11.4 Å². The normalized spacial score (nSPS) is 10.5. The van der Waals surface area contributed by atoms with Gasteiger partial charge >= 0.3 is 0 Å². The van der Waals surface area contributed by atoms with Gasteiger partial charge in [0.15, 0.2) is 0 Å². The molecule has 0 heterocycles. The lowest BCUT2D eigenvalue weighted by Crippen LogP contribution is -2.25. The molecule has 2 N–H and O–H groups in total. The Morgan fingerprint density at radius 1 is 1.31 bits per heavy atom. The van der Waals surface area contributed by atoms with Crippen LogP contribution in [0.4, 0.5) is 11.4 Å². The third-order valence-electron chi connectivity index (χ3n) is 3.19. The minimum atomic E-state index is -0.584. The molecule has 0 atom stereocenters. The van der Waals surface area contributed by atoms with Crippen LogP contribution in [0.25, 0.3) is 0 Å². The van der Waals surface area contributed by atoms with Crippen molar-refractivity contribution in [1.29, 1.82) is 0 Å². The zero-order valence-corrected chi connectivity index (χ0v) is 14.7. The number of hydrazone groups is 1. The van der Waals surface area contributed by atoms with Crippen LogP contribution in [0.2, 0.25) is 5.02 Å². The number of nitro benzene ring substituents is 1. The van der Waals surface area contributed by atoms with Crippen LogP contribution in [0.3, 0.4) is 0 Å². The molecule has 8 nitrogen and oxygen atoms in total. The Hall–Kier alpha value is -3.13. The predicted octanol–water partition coefficient (Wildman–Crippen LogP) is 3.21. The molecule has 26 heavy (non-hydrogen) atoms. The van der Waals surface area contributed by atoms with Crippen LogP contribution in [0.5, 0.6) is 5.75 Å². The van der Waals surface area contributed by atoms with Crippen molar-refractivity contribution < 1.29 is 14.5 Å². The Labute approximate surface area is 155 Å². The summed E-state index contributed by atoms with van der Waals surface area (Å²) in [6.45, 7) is 2.51. The van der Waals surface area contributed by atoms with E-state index >= 15 is 0 Å². The predicted molar refractivity (Wildman–Crippen MR) is 99.9 cm³/mol. The smallest absolute Gasteiger partial charge is 0.288 e. The van der Waals surface area contributed by atoms with E-state index in [2.05, 4.69) is 15.8 Å². The lowest BCUT2D eigenvalue weighted by atomic mass is 10.2. The first-order valence-electron chi connectivity index (χ1n) is 7.72. The fraction of sp³-hybridized carbons (Fsp3) is 0.176. The van der Waals surface area contributed by atoms with E-state index in [9.17, 15) is 14.9 Å². The average Bonchev–Trinajstić information content (AvgIpc) is 2.62. The second-order valence-electron chi connectivity index (χ2n) is 5.07. The van der Waals surface area contributed by atoms with Gasteiger partial charge < -0.3 is 10.1 Å². The first-order chi connectivity index (χ1) is 12.5. The summed E-state index contributed by atoms with van der Waals surface area (Å²) in [4.78, 5) is 22.0. The summed E-state index contributed by atoms with van der Waals surface area (Å²) < 4.78 is 5.34. The van der Waals surface area contributed by atoms with Gasteiger partial charge in [-0.1, -0.05) is 17.7 Å². The average molecular weight is 377 g/mol. The molecule has 9 heteroatoms. The largest absolute Gasteiger partial charge is 0.494 e. The molecule has 136 valence electrons. The van der Waals surface area contributed by atoms with Gasteiger partial charge in [0, 0.05) is 17.3 Å². The number of hydrogen-bond acceptors (Lipinski definition) is 6. The second kappa shape index (κ2) is 9.38. The highest BCUT2D eigenvalue weighted by Crippen LogP contribution is 2.24. The number of carbonyl (C=O) groups excluding carboxylic acids is 1. The molecule has 0 aliphatic rings. The summed E-state index contributed by atoms with van der Waals surface area (Å²) in [7, 11) is 0. The number of anilines is 1. The highest BCUT2D eigenvalue weighted by molar-refractivity contribution is 6.32. The number of ether oxygens (including phenoxy) is 1. The van der Waals surface area contributed by atoms with Crippen LogP contribution >= 0.6 is 11.6 Å². The molecular formula is C17H17ClN4O4. The Bertz CT molecular complexity index is 809. The summed E-state index contributed by atoms with van der Waals surface area (Å²) in [5.74, 6) is 0.391. The van der Waals surface area contributed by atoms with Gasteiger partial charge in [0.1, 0.15) is 10.8 Å². The minimum Gasteiger partial charge on any atom is -0.494 e. The number of nitrogens with zero attached hydrogens (tertiary/aromatic N) is 2. The SMILES string of the molecule is CCOc1ccc(NCC(=O)N/N=C\c2ccc(Cl)c([N+](=O)[O-])c2)cc1. The summed E-state index contributed by atoms with van der Waals surface area (Å²) in [6, 6.07) is 11.4. The van der Waals surface area contributed by atoms with Crippen LogP contribution < -0.4 is 15.5 Å². The monoisotopic (exact) mass is 376 g/mol. The molecule has 0 aliphatic carbocycles. The molecule has 0 radical (unpaired) electrons. The van der Waals surface area contributed by atoms with Crippen molar-refractivity contribution in [3.8, 4) is 5.75 Å². The molecular weight excluding hydrogens is 360 g/mol. The molecule has 0 saturated heterocycles. The van der Waals surface area contributed by atoms with Crippen LogP contribution in [-0.4, -0.2) is 30.2 Å². The zero-order valence-electron chi connectivity index (χ0n) is 13.9. The van der Waals surface area contributed by atoms with E-state index in [1.807, 2.05) is 6.92 Å². The number of benzene rings is 2. The van der Waals surface area contributed by atoms with Crippen molar-refractivity contribution in [1.82, 2.24) is 5.43 Å². The molecule has 0 saturated carbocycles.